The summed E-state index contributed by atoms with van der Waals surface area (Å²) in [5.74, 6) is -0.337. The van der Waals surface area contributed by atoms with Crippen LogP contribution in [-0.2, 0) is 15.9 Å². The fourth-order valence-corrected chi connectivity index (χ4v) is 4.46. The van der Waals surface area contributed by atoms with E-state index in [1.165, 1.54) is 10.6 Å². The molecule has 0 radical (unpaired) electrons. The van der Waals surface area contributed by atoms with Gasteiger partial charge < -0.3 is 20.1 Å². The molecule has 2 aromatic rings. The van der Waals surface area contributed by atoms with Gasteiger partial charge >= 0.3 is 0 Å². The molecule has 1 aromatic heterocycles. The lowest BCUT2D eigenvalue weighted by Crippen LogP contribution is -2.32. The fourth-order valence-electron chi connectivity index (χ4n) is 4.26. The van der Waals surface area contributed by atoms with E-state index >= 15 is 0 Å². The van der Waals surface area contributed by atoms with Crippen LogP contribution in [0.5, 0.6) is 11.8 Å². The molecule has 130 valence electrons. The Hall–Kier alpha value is -2.20. The van der Waals surface area contributed by atoms with Crippen LogP contribution >= 0.6 is 11.6 Å². The number of halogens is 1. The maximum absolute atomic E-state index is 10.8. The molecule has 1 fully saturated rings. The van der Waals surface area contributed by atoms with Gasteiger partial charge in [0.25, 0.3) is 0 Å². The van der Waals surface area contributed by atoms with E-state index in [9.17, 15) is 15.3 Å². The summed E-state index contributed by atoms with van der Waals surface area (Å²) < 4.78 is 7.26. The number of benzene rings is 1. The number of hydrogen-bond acceptors (Lipinski definition) is 5. The molecule has 1 aromatic carbocycles. The van der Waals surface area contributed by atoms with Crippen molar-refractivity contribution in [3.05, 3.63) is 39.4 Å². The Kier molecular flexibility index (Phi) is 3.06. The number of nitriles is 1. The quantitative estimate of drug-likeness (QED) is 0.726. The van der Waals surface area contributed by atoms with Crippen LogP contribution in [0.3, 0.4) is 0 Å². The van der Waals surface area contributed by atoms with Crippen LogP contribution in [0.2, 0.25) is 5.02 Å². The third-order valence-corrected chi connectivity index (χ3v) is 6.01. The van der Waals surface area contributed by atoms with Crippen molar-refractivity contribution >= 4 is 11.6 Å². The zero-order valence-electron chi connectivity index (χ0n) is 14.0. The van der Waals surface area contributed by atoms with Gasteiger partial charge in [-0.1, -0.05) is 11.6 Å². The number of ether oxygens (including phenoxy) is 1. The molecule has 2 aliphatic heterocycles. The van der Waals surface area contributed by atoms with E-state index in [2.05, 4.69) is 0 Å². The van der Waals surface area contributed by atoms with Crippen LogP contribution in [0, 0.1) is 18.3 Å². The molecule has 0 aliphatic carbocycles. The average Bonchev–Trinajstić information content (AvgIpc) is 3.05. The fraction of sp³-hybridized carbons (Fsp3) is 0.389. The van der Waals surface area contributed by atoms with E-state index in [4.69, 9.17) is 21.6 Å². The highest BCUT2D eigenvalue weighted by Gasteiger charge is 2.64. The summed E-state index contributed by atoms with van der Waals surface area (Å²) in [4.78, 5) is 0. The SMILES string of the molecule is Cc1c(-n2c(O)c3c(c2O)C2(C)OC3(C)C[C@@H]2O)ccc(C#N)c1Cl. The van der Waals surface area contributed by atoms with Crippen LogP contribution in [0.15, 0.2) is 12.1 Å². The molecule has 25 heavy (non-hydrogen) atoms. The van der Waals surface area contributed by atoms with Gasteiger partial charge in [-0.15, -0.1) is 0 Å². The second kappa shape index (κ2) is 4.70. The van der Waals surface area contributed by atoms with Crippen LogP contribution in [0.1, 0.15) is 42.5 Å². The van der Waals surface area contributed by atoms with Crippen LogP contribution in [-0.4, -0.2) is 26.0 Å². The lowest BCUT2D eigenvalue weighted by Gasteiger charge is -2.25. The van der Waals surface area contributed by atoms with Crippen molar-refractivity contribution in [3.63, 3.8) is 0 Å². The third-order valence-electron chi connectivity index (χ3n) is 5.52. The van der Waals surface area contributed by atoms with Crippen molar-refractivity contribution in [1.82, 2.24) is 4.57 Å². The van der Waals surface area contributed by atoms with Crippen LogP contribution < -0.4 is 0 Å². The van der Waals surface area contributed by atoms with Crippen molar-refractivity contribution in [1.29, 1.82) is 5.26 Å². The summed E-state index contributed by atoms with van der Waals surface area (Å²) >= 11 is 6.23. The highest BCUT2D eigenvalue weighted by atomic mass is 35.5. The largest absolute Gasteiger partial charge is 0.494 e. The number of nitrogens with zero attached hydrogens (tertiary/aromatic N) is 2. The van der Waals surface area contributed by atoms with Crippen molar-refractivity contribution in [3.8, 4) is 23.5 Å². The molecule has 0 saturated carbocycles. The zero-order valence-corrected chi connectivity index (χ0v) is 14.7. The van der Waals surface area contributed by atoms with Crippen molar-refractivity contribution < 1.29 is 20.1 Å². The van der Waals surface area contributed by atoms with Gasteiger partial charge in [-0.25, -0.2) is 0 Å². The molecule has 4 rings (SSSR count). The Morgan fingerprint density at radius 2 is 1.92 bits per heavy atom. The van der Waals surface area contributed by atoms with Gasteiger partial charge in [-0.2, -0.15) is 5.26 Å². The molecule has 7 heteroatoms. The second-order valence-corrected chi connectivity index (χ2v) is 7.45. The van der Waals surface area contributed by atoms with Crippen molar-refractivity contribution in [2.45, 2.75) is 44.5 Å². The standard InChI is InChI=1S/C18H17ClN2O4/c1-8-10(5-4-9(7-20)14(8)19)21-15(23)12-13(16(21)24)18(3)11(22)6-17(12,2)25-18/h4-5,11,22-24H,6H2,1-3H3/t11-,17?,18?/m0/s1. The number of rotatable bonds is 1. The van der Waals surface area contributed by atoms with Crippen molar-refractivity contribution in [2.75, 3.05) is 0 Å². The van der Waals surface area contributed by atoms with Gasteiger partial charge in [0.15, 0.2) is 0 Å². The smallest absolute Gasteiger partial charge is 0.205 e. The number of aliphatic hydroxyl groups is 1. The Morgan fingerprint density at radius 1 is 1.28 bits per heavy atom. The highest BCUT2D eigenvalue weighted by molar-refractivity contribution is 6.32. The predicted molar refractivity (Wildman–Crippen MR) is 90.0 cm³/mol. The lowest BCUT2D eigenvalue weighted by molar-refractivity contribution is -0.0936. The Balaban J connectivity index is 2.02. The molecular formula is C18H17ClN2O4. The van der Waals surface area contributed by atoms with Crippen molar-refractivity contribution in [2.24, 2.45) is 0 Å². The molecule has 2 unspecified atom stereocenters. The van der Waals surface area contributed by atoms with E-state index in [0.717, 1.165) is 0 Å². The first kappa shape index (κ1) is 16.3. The van der Waals surface area contributed by atoms with E-state index in [-0.39, 0.29) is 16.8 Å². The summed E-state index contributed by atoms with van der Waals surface area (Å²) in [6.45, 7) is 5.21. The van der Waals surface area contributed by atoms with Crippen LogP contribution in [0.4, 0.5) is 0 Å². The Labute approximate surface area is 149 Å². The van der Waals surface area contributed by atoms with Gasteiger partial charge in [0.05, 0.1) is 39.1 Å². The van der Waals surface area contributed by atoms with E-state index in [1.54, 1.807) is 26.8 Å². The summed E-state index contributed by atoms with van der Waals surface area (Å²) in [6.07, 6.45) is -0.447. The van der Waals surface area contributed by atoms with E-state index < -0.39 is 17.3 Å². The molecule has 1 saturated heterocycles. The van der Waals surface area contributed by atoms with E-state index in [1.807, 2.05) is 6.07 Å². The average molecular weight is 361 g/mol. The summed E-state index contributed by atoms with van der Waals surface area (Å²) in [5.41, 5.74) is 0.267. The highest BCUT2D eigenvalue weighted by Crippen LogP contribution is 2.64. The second-order valence-electron chi connectivity index (χ2n) is 7.08. The summed E-state index contributed by atoms with van der Waals surface area (Å²) in [6, 6.07) is 5.17. The minimum atomic E-state index is -1.08. The normalized spacial score (nSPS) is 29.7. The number of aromatic nitrogens is 1. The maximum atomic E-state index is 10.8. The minimum Gasteiger partial charge on any atom is -0.494 e. The van der Waals surface area contributed by atoms with Gasteiger partial charge in [-0.3, -0.25) is 4.57 Å². The zero-order chi connectivity index (χ0) is 18.3. The Bertz CT molecular complexity index is 977. The van der Waals surface area contributed by atoms with Crippen LogP contribution in [0.25, 0.3) is 5.69 Å². The Morgan fingerprint density at radius 3 is 2.56 bits per heavy atom. The predicted octanol–water partition coefficient (Wildman–Crippen LogP) is 2.95. The molecule has 3 N–H and O–H groups in total. The number of aromatic hydroxyl groups is 2. The van der Waals surface area contributed by atoms with Gasteiger partial charge in [-0.05, 0) is 38.5 Å². The molecule has 0 amide bonds. The third kappa shape index (κ3) is 1.75. The monoisotopic (exact) mass is 360 g/mol. The molecule has 6 nitrogen and oxygen atoms in total. The molecule has 3 atom stereocenters. The lowest BCUT2D eigenvalue weighted by atomic mass is 9.78. The number of fused-ring (bicyclic) bond motifs is 5. The molecule has 0 spiro atoms. The van der Waals surface area contributed by atoms with E-state index in [0.29, 0.717) is 34.4 Å². The molecular weight excluding hydrogens is 344 g/mol. The molecule has 3 heterocycles. The first-order chi connectivity index (χ1) is 11.7. The first-order valence-electron chi connectivity index (χ1n) is 7.91. The van der Waals surface area contributed by atoms with Gasteiger partial charge in [0.2, 0.25) is 11.8 Å². The topological polar surface area (TPSA) is 98.6 Å². The van der Waals surface area contributed by atoms with Gasteiger partial charge in [0.1, 0.15) is 11.7 Å². The molecule has 2 bridgehead atoms. The molecule has 2 aliphatic rings. The summed E-state index contributed by atoms with van der Waals surface area (Å²) in [5, 5.41) is 41.4. The number of aliphatic hydroxyl groups excluding tert-OH is 1. The minimum absolute atomic E-state index is 0.144. The number of hydrogen-bond donors (Lipinski definition) is 3. The summed E-state index contributed by atoms with van der Waals surface area (Å²) in [7, 11) is 0. The first-order valence-corrected chi connectivity index (χ1v) is 8.29. The van der Waals surface area contributed by atoms with Gasteiger partial charge in [0, 0.05) is 6.42 Å². The maximum Gasteiger partial charge on any atom is 0.205 e.